The summed E-state index contributed by atoms with van der Waals surface area (Å²) < 4.78 is 0. The minimum absolute atomic E-state index is 0.658. The molecule has 0 amide bonds. The number of hydrogen-bond acceptors (Lipinski definition) is 0. The van der Waals surface area contributed by atoms with Crippen LogP contribution in [0.4, 0.5) is 0 Å². The van der Waals surface area contributed by atoms with E-state index in [0.717, 1.165) is 0 Å². The molecule has 0 aromatic rings. The minimum atomic E-state index is 0.658. The Hall–Kier alpha value is 0.480. The second kappa shape index (κ2) is 10.6. The first kappa shape index (κ1) is 16.5. The van der Waals surface area contributed by atoms with Crippen LogP contribution in [0.2, 0.25) is 0 Å². The highest BCUT2D eigenvalue weighted by molar-refractivity contribution is 9.09. The van der Waals surface area contributed by atoms with E-state index in [9.17, 15) is 0 Å². The first-order valence-corrected chi connectivity index (χ1v) is 8.42. The van der Waals surface area contributed by atoms with Crippen molar-refractivity contribution in [3.63, 3.8) is 0 Å². The molecule has 0 unspecified atom stereocenters. The Morgan fingerprint density at radius 2 is 1.06 bits per heavy atom. The lowest BCUT2D eigenvalue weighted by Crippen LogP contribution is -2.21. The molecule has 0 spiro atoms. The Morgan fingerprint density at radius 3 is 1.31 bits per heavy atom. The van der Waals surface area contributed by atoms with Crippen LogP contribution < -0.4 is 0 Å². The quantitative estimate of drug-likeness (QED) is 0.390. The number of hydrogen-bond donors (Lipinski definition) is 0. The summed E-state index contributed by atoms with van der Waals surface area (Å²) in [5, 5.41) is 1.18. The molecule has 0 radical (unpaired) electrons. The summed E-state index contributed by atoms with van der Waals surface area (Å²) in [7, 11) is 0. The predicted molar refractivity (Wildman–Crippen MR) is 79.4 cm³/mol. The zero-order valence-electron chi connectivity index (χ0n) is 11.7. The van der Waals surface area contributed by atoms with Gasteiger partial charge in [0.25, 0.3) is 0 Å². The molecule has 0 nitrogen and oxygen atoms in total. The number of rotatable bonds is 11. The average molecular weight is 291 g/mol. The Morgan fingerprint density at radius 1 is 0.688 bits per heavy atom. The Bertz CT molecular complexity index is 121. The fraction of sp³-hybridized carbons (Fsp3) is 1.00. The van der Waals surface area contributed by atoms with E-state index in [-0.39, 0.29) is 0 Å². The van der Waals surface area contributed by atoms with Crippen molar-refractivity contribution in [2.45, 2.75) is 85.0 Å². The SMILES string of the molecule is CCCCC(CCBr)(CCCC)CCCC. The molecule has 16 heavy (non-hydrogen) atoms. The molecule has 0 aromatic carbocycles. The monoisotopic (exact) mass is 290 g/mol. The highest BCUT2D eigenvalue weighted by Crippen LogP contribution is 2.40. The molecule has 0 aromatic heterocycles. The molecular weight excluding hydrogens is 260 g/mol. The smallest absolute Gasteiger partial charge is 0.00365 e. The molecule has 0 saturated carbocycles. The van der Waals surface area contributed by atoms with Crippen molar-refractivity contribution in [2.24, 2.45) is 5.41 Å². The third kappa shape index (κ3) is 6.93. The van der Waals surface area contributed by atoms with Gasteiger partial charge in [-0.2, -0.15) is 0 Å². The van der Waals surface area contributed by atoms with E-state index in [0.29, 0.717) is 5.41 Å². The van der Waals surface area contributed by atoms with E-state index in [1.165, 1.54) is 69.5 Å². The summed E-state index contributed by atoms with van der Waals surface area (Å²) in [4.78, 5) is 0. The van der Waals surface area contributed by atoms with Crippen LogP contribution in [-0.2, 0) is 0 Å². The van der Waals surface area contributed by atoms with Gasteiger partial charge < -0.3 is 0 Å². The molecular formula is C15H31Br. The van der Waals surface area contributed by atoms with Crippen molar-refractivity contribution in [3.8, 4) is 0 Å². The lowest BCUT2D eigenvalue weighted by Gasteiger charge is -2.34. The molecule has 0 bridgehead atoms. The molecule has 0 fully saturated rings. The van der Waals surface area contributed by atoms with Gasteiger partial charge in [0.15, 0.2) is 0 Å². The summed E-state index contributed by atoms with van der Waals surface area (Å²) in [5.74, 6) is 0. The van der Waals surface area contributed by atoms with Crippen LogP contribution in [0.15, 0.2) is 0 Å². The first-order chi connectivity index (χ1) is 7.74. The lowest BCUT2D eigenvalue weighted by molar-refractivity contribution is 0.193. The summed E-state index contributed by atoms with van der Waals surface area (Å²) in [6.07, 6.45) is 14.0. The van der Waals surface area contributed by atoms with Crippen molar-refractivity contribution in [3.05, 3.63) is 0 Å². The van der Waals surface area contributed by atoms with E-state index >= 15 is 0 Å². The second-order valence-electron chi connectivity index (χ2n) is 5.25. The zero-order valence-corrected chi connectivity index (χ0v) is 13.2. The van der Waals surface area contributed by atoms with Crippen molar-refractivity contribution in [1.82, 2.24) is 0 Å². The third-order valence-corrected chi connectivity index (χ3v) is 4.20. The van der Waals surface area contributed by atoms with E-state index in [1.807, 2.05) is 0 Å². The fourth-order valence-electron chi connectivity index (χ4n) is 2.61. The molecule has 0 N–H and O–H groups in total. The van der Waals surface area contributed by atoms with Crippen LogP contribution in [0.3, 0.4) is 0 Å². The molecule has 98 valence electrons. The van der Waals surface area contributed by atoms with E-state index in [2.05, 4.69) is 36.7 Å². The van der Waals surface area contributed by atoms with Gasteiger partial charge in [0.1, 0.15) is 0 Å². The molecule has 0 aliphatic heterocycles. The summed E-state index contributed by atoms with van der Waals surface area (Å²) in [6, 6.07) is 0. The van der Waals surface area contributed by atoms with Gasteiger partial charge in [0.05, 0.1) is 0 Å². The van der Waals surface area contributed by atoms with Gasteiger partial charge in [-0.05, 0) is 31.1 Å². The molecule has 0 saturated heterocycles. The van der Waals surface area contributed by atoms with E-state index in [4.69, 9.17) is 0 Å². The largest absolute Gasteiger partial charge is 0.0928 e. The zero-order chi connectivity index (χ0) is 12.3. The van der Waals surface area contributed by atoms with Crippen LogP contribution in [0.5, 0.6) is 0 Å². The number of alkyl halides is 1. The van der Waals surface area contributed by atoms with Crippen molar-refractivity contribution < 1.29 is 0 Å². The van der Waals surface area contributed by atoms with Crippen molar-refractivity contribution >= 4 is 15.9 Å². The van der Waals surface area contributed by atoms with Crippen LogP contribution >= 0.6 is 15.9 Å². The maximum absolute atomic E-state index is 3.66. The van der Waals surface area contributed by atoms with Crippen molar-refractivity contribution in [1.29, 1.82) is 0 Å². The normalized spacial score (nSPS) is 12.0. The molecule has 0 rings (SSSR count). The van der Waals surface area contributed by atoms with Gasteiger partial charge >= 0.3 is 0 Å². The van der Waals surface area contributed by atoms with Gasteiger partial charge in [-0.3, -0.25) is 0 Å². The highest BCUT2D eigenvalue weighted by atomic mass is 79.9. The Kier molecular flexibility index (Phi) is 10.9. The molecule has 0 heterocycles. The molecule has 0 aliphatic carbocycles. The van der Waals surface area contributed by atoms with Crippen LogP contribution in [0, 0.1) is 5.41 Å². The van der Waals surface area contributed by atoms with Gasteiger partial charge in [-0.1, -0.05) is 75.2 Å². The predicted octanol–water partition coefficient (Wildman–Crippen LogP) is 6.33. The van der Waals surface area contributed by atoms with E-state index in [1.54, 1.807) is 0 Å². The number of unbranched alkanes of at least 4 members (excludes halogenated alkanes) is 3. The second-order valence-corrected chi connectivity index (χ2v) is 6.04. The molecule has 1 heteroatoms. The van der Waals surface area contributed by atoms with Gasteiger partial charge in [0.2, 0.25) is 0 Å². The maximum atomic E-state index is 3.66. The van der Waals surface area contributed by atoms with Crippen LogP contribution in [0.1, 0.15) is 85.0 Å². The standard InChI is InChI=1S/C15H31Br/c1-4-7-10-15(13-14-16,11-8-5-2)12-9-6-3/h4-14H2,1-3H3. The first-order valence-electron chi connectivity index (χ1n) is 7.30. The van der Waals surface area contributed by atoms with Crippen LogP contribution in [-0.4, -0.2) is 5.33 Å². The summed E-state index contributed by atoms with van der Waals surface area (Å²) >= 11 is 3.66. The lowest BCUT2D eigenvalue weighted by atomic mass is 9.72. The van der Waals surface area contributed by atoms with Gasteiger partial charge in [0, 0.05) is 5.33 Å². The Balaban J connectivity index is 4.32. The average Bonchev–Trinajstić information content (AvgIpc) is 2.31. The third-order valence-electron chi connectivity index (χ3n) is 3.81. The summed E-state index contributed by atoms with van der Waals surface area (Å²) in [5.41, 5.74) is 0.658. The molecule has 0 aliphatic rings. The number of halogens is 1. The maximum Gasteiger partial charge on any atom is 0.00365 e. The van der Waals surface area contributed by atoms with Gasteiger partial charge in [-0.25, -0.2) is 0 Å². The minimum Gasteiger partial charge on any atom is -0.0928 e. The molecule has 0 atom stereocenters. The van der Waals surface area contributed by atoms with E-state index < -0.39 is 0 Å². The van der Waals surface area contributed by atoms with Crippen LogP contribution in [0.25, 0.3) is 0 Å². The van der Waals surface area contributed by atoms with Crippen molar-refractivity contribution in [2.75, 3.05) is 5.33 Å². The Labute approximate surface area is 112 Å². The topological polar surface area (TPSA) is 0 Å². The fourth-order valence-corrected chi connectivity index (χ4v) is 3.45. The van der Waals surface area contributed by atoms with Gasteiger partial charge in [-0.15, -0.1) is 0 Å². The highest BCUT2D eigenvalue weighted by Gasteiger charge is 2.27. The summed E-state index contributed by atoms with van der Waals surface area (Å²) in [6.45, 7) is 6.95.